The Morgan fingerprint density at radius 2 is 2.29 bits per heavy atom. The Hall–Kier alpha value is -1.16. The van der Waals surface area contributed by atoms with Crippen molar-refractivity contribution < 1.29 is 4.79 Å². The van der Waals surface area contributed by atoms with Crippen molar-refractivity contribution in [3.8, 4) is 0 Å². The lowest BCUT2D eigenvalue weighted by Crippen LogP contribution is -2.19. The number of hydrogen-bond donors (Lipinski definition) is 1. The van der Waals surface area contributed by atoms with Crippen molar-refractivity contribution >= 4 is 23.0 Å². The van der Waals surface area contributed by atoms with Gasteiger partial charge >= 0.3 is 0 Å². The van der Waals surface area contributed by atoms with Gasteiger partial charge in [-0.2, -0.15) is 5.10 Å². The van der Waals surface area contributed by atoms with Gasteiger partial charge in [0, 0.05) is 5.71 Å². The van der Waals surface area contributed by atoms with Crippen molar-refractivity contribution in [1.82, 2.24) is 5.43 Å². The van der Waals surface area contributed by atoms with Crippen LogP contribution in [0.15, 0.2) is 22.6 Å². The molecule has 0 saturated carbocycles. The topological polar surface area (TPSA) is 41.5 Å². The molecular weight excluding hydrogens is 196 g/mol. The second kappa shape index (κ2) is 4.91. The van der Waals surface area contributed by atoms with Crippen LogP contribution in [0.3, 0.4) is 0 Å². The Morgan fingerprint density at radius 3 is 2.79 bits per heavy atom. The van der Waals surface area contributed by atoms with E-state index in [1.54, 1.807) is 6.07 Å². The SMILES string of the molecule is CC(=NNC(=O)c1cccs1)C(C)C. The molecule has 0 atom stereocenters. The van der Waals surface area contributed by atoms with Gasteiger partial charge < -0.3 is 0 Å². The lowest BCUT2D eigenvalue weighted by atomic mass is 10.1. The monoisotopic (exact) mass is 210 g/mol. The number of hydrogen-bond acceptors (Lipinski definition) is 3. The highest BCUT2D eigenvalue weighted by molar-refractivity contribution is 7.12. The number of nitrogens with one attached hydrogen (secondary N) is 1. The highest BCUT2D eigenvalue weighted by atomic mass is 32.1. The molecule has 1 heterocycles. The third kappa shape index (κ3) is 2.96. The first-order valence-electron chi connectivity index (χ1n) is 4.49. The molecule has 0 spiro atoms. The molecule has 0 aliphatic rings. The molecule has 0 fully saturated rings. The summed E-state index contributed by atoms with van der Waals surface area (Å²) in [5, 5.41) is 5.87. The first-order chi connectivity index (χ1) is 6.61. The molecule has 76 valence electrons. The molecule has 1 amide bonds. The summed E-state index contributed by atoms with van der Waals surface area (Å²) in [7, 11) is 0. The standard InChI is InChI=1S/C10H14N2OS/c1-7(2)8(3)11-12-10(13)9-5-4-6-14-9/h4-7H,1-3H3,(H,12,13). The summed E-state index contributed by atoms with van der Waals surface area (Å²) >= 11 is 1.41. The van der Waals surface area contributed by atoms with Crippen LogP contribution in [-0.2, 0) is 0 Å². The van der Waals surface area contributed by atoms with Crippen molar-refractivity contribution in [2.24, 2.45) is 11.0 Å². The summed E-state index contributed by atoms with van der Waals surface area (Å²) in [5.74, 6) is 0.221. The second-order valence-electron chi connectivity index (χ2n) is 3.33. The lowest BCUT2D eigenvalue weighted by molar-refractivity contribution is 0.0958. The maximum absolute atomic E-state index is 11.4. The minimum atomic E-state index is -0.139. The Morgan fingerprint density at radius 1 is 1.57 bits per heavy atom. The Labute approximate surface area is 87.8 Å². The van der Waals surface area contributed by atoms with E-state index in [2.05, 4.69) is 10.5 Å². The Bertz CT molecular complexity index is 328. The third-order valence-electron chi connectivity index (χ3n) is 1.91. The first kappa shape index (κ1) is 10.9. The van der Waals surface area contributed by atoms with Crippen LogP contribution >= 0.6 is 11.3 Å². The summed E-state index contributed by atoms with van der Waals surface area (Å²) < 4.78 is 0. The molecule has 0 unspecified atom stereocenters. The van der Waals surface area contributed by atoms with Crippen LogP contribution in [0, 0.1) is 5.92 Å². The van der Waals surface area contributed by atoms with E-state index in [0.29, 0.717) is 10.8 Å². The molecule has 0 saturated heterocycles. The van der Waals surface area contributed by atoms with Gasteiger partial charge in [0.15, 0.2) is 0 Å². The highest BCUT2D eigenvalue weighted by Gasteiger charge is 2.05. The van der Waals surface area contributed by atoms with Gasteiger partial charge in [0.05, 0.1) is 4.88 Å². The second-order valence-corrected chi connectivity index (χ2v) is 4.27. The minimum Gasteiger partial charge on any atom is -0.266 e. The lowest BCUT2D eigenvalue weighted by Gasteiger charge is -2.03. The molecule has 0 aromatic carbocycles. The smallest absolute Gasteiger partial charge is 0.266 e. The molecule has 1 rings (SSSR count). The number of thiophene rings is 1. The third-order valence-corrected chi connectivity index (χ3v) is 2.78. The zero-order valence-electron chi connectivity index (χ0n) is 8.57. The predicted octanol–water partition coefficient (Wildman–Crippen LogP) is 2.51. The van der Waals surface area contributed by atoms with Crippen LogP contribution in [0.25, 0.3) is 0 Å². The van der Waals surface area contributed by atoms with E-state index in [1.807, 2.05) is 32.2 Å². The van der Waals surface area contributed by atoms with Gasteiger partial charge in [-0.15, -0.1) is 11.3 Å². The maximum atomic E-state index is 11.4. The molecule has 3 nitrogen and oxygen atoms in total. The van der Waals surface area contributed by atoms with Crippen LogP contribution in [0.4, 0.5) is 0 Å². The molecule has 1 N–H and O–H groups in total. The average molecular weight is 210 g/mol. The fourth-order valence-corrected chi connectivity index (χ4v) is 1.34. The van der Waals surface area contributed by atoms with E-state index >= 15 is 0 Å². The van der Waals surface area contributed by atoms with E-state index in [4.69, 9.17) is 0 Å². The largest absolute Gasteiger partial charge is 0.281 e. The summed E-state index contributed by atoms with van der Waals surface area (Å²) in [4.78, 5) is 12.1. The highest BCUT2D eigenvalue weighted by Crippen LogP contribution is 2.07. The van der Waals surface area contributed by atoms with Crippen LogP contribution in [0.1, 0.15) is 30.4 Å². The average Bonchev–Trinajstić information content (AvgIpc) is 2.66. The van der Waals surface area contributed by atoms with Gasteiger partial charge in [-0.1, -0.05) is 19.9 Å². The van der Waals surface area contributed by atoms with Crippen molar-refractivity contribution in [1.29, 1.82) is 0 Å². The van der Waals surface area contributed by atoms with Gasteiger partial charge in [-0.05, 0) is 24.3 Å². The van der Waals surface area contributed by atoms with Crippen molar-refractivity contribution in [3.63, 3.8) is 0 Å². The van der Waals surface area contributed by atoms with Crippen LogP contribution in [0.2, 0.25) is 0 Å². The van der Waals surface area contributed by atoms with Crippen LogP contribution in [-0.4, -0.2) is 11.6 Å². The zero-order chi connectivity index (χ0) is 10.6. The van der Waals surface area contributed by atoms with Gasteiger partial charge in [-0.25, -0.2) is 5.43 Å². The molecule has 0 bridgehead atoms. The number of nitrogens with zero attached hydrogens (tertiary/aromatic N) is 1. The predicted molar refractivity (Wildman–Crippen MR) is 59.7 cm³/mol. The van der Waals surface area contributed by atoms with E-state index in [-0.39, 0.29) is 5.91 Å². The van der Waals surface area contributed by atoms with Gasteiger partial charge in [0.2, 0.25) is 0 Å². The number of rotatable bonds is 3. The first-order valence-corrected chi connectivity index (χ1v) is 5.37. The molecular formula is C10H14N2OS. The van der Waals surface area contributed by atoms with E-state index in [9.17, 15) is 4.79 Å². The van der Waals surface area contributed by atoms with E-state index in [1.165, 1.54) is 11.3 Å². The van der Waals surface area contributed by atoms with Gasteiger partial charge in [0.25, 0.3) is 5.91 Å². The van der Waals surface area contributed by atoms with E-state index in [0.717, 1.165) is 5.71 Å². The van der Waals surface area contributed by atoms with Gasteiger partial charge in [0.1, 0.15) is 0 Å². The fraction of sp³-hybridized carbons (Fsp3) is 0.400. The fourth-order valence-electron chi connectivity index (χ4n) is 0.731. The molecule has 1 aromatic rings. The van der Waals surface area contributed by atoms with E-state index < -0.39 is 0 Å². The molecule has 0 radical (unpaired) electrons. The van der Waals surface area contributed by atoms with Crippen LogP contribution < -0.4 is 5.43 Å². The van der Waals surface area contributed by atoms with Crippen LogP contribution in [0.5, 0.6) is 0 Å². The molecule has 14 heavy (non-hydrogen) atoms. The normalized spacial score (nSPS) is 11.9. The Kier molecular flexibility index (Phi) is 3.83. The minimum absolute atomic E-state index is 0.139. The zero-order valence-corrected chi connectivity index (χ0v) is 9.39. The van der Waals surface area contributed by atoms with Crippen molar-refractivity contribution in [2.75, 3.05) is 0 Å². The number of carbonyl (C=O) groups excluding carboxylic acids is 1. The number of carbonyl (C=O) groups is 1. The summed E-state index contributed by atoms with van der Waals surface area (Å²) in [6.07, 6.45) is 0. The molecule has 1 aromatic heterocycles. The van der Waals surface area contributed by atoms with Crippen molar-refractivity contribution in [3.05, 3.63) is 22.4 Å². The van der Waals surface area contributed by atoms with Crippen molar-refractivity contribution in [2.45, 2.75) is 20.8 Å². The number of hydrazone groups is 1. The summed E-state index contributed by atoms with van der Waals surface area (Å²) in [5.41, 5.74) is 3.45. The quantitative estimate of drug-likeness (QED) is 0.604. The summed E-state index contributed by atoms with van der Waals surface area (Å²) in [6.45, 7) is 5.98. The van der Waals surface area contributed by atoms with Gasteiger partial charge in [-0.3, -0.25) is 4.79 Å². The summed E-state index contributed by atoms with van der Waals surface area (Å²) in [6, 6.07) is 3.62. The number of amides is 1. The molecule has 0 aliphatic carbocycles. The molecule has 4 heteroatoms. The Balaban J connectivity index is 2.55. The molecule has 0 aliphatic heterocycles. The maximum Gasteiger partial charge on any atom is 0.281 e.